The minimum absolute atomic E-state index is 0.336. The average Bonchev–Trinajstić information content (AvgIpc) is 2.69. The van der Waals surface area contributed by atoms with Crippen LogP contribution in [0.2, 0.25) is 10.0 Å². The van der Waals surface area contributed by atoms with Crippen LogP contribution in [0.1, 0.15) is 27.4 Å². The van der Waals surface area contributed by atoms with E-state index in [1.807, 2.05) is 18.2 Å². The van der Waals surface area contributed by atoms with E-state index in [2.05, 4.69) is 5.32 Å². The lowest BCUT2D eigenvalue weighted by Crippen LogP contribution is -2.27. The molecular formula is C21H16Cl2N2O3. The zero-order chi connectivity index (χ0) is 20.1. The third-order valence-electron chi connectivity index (χ3n) is 4.13. The van der Waals surface area contributed by atoms with E-state index in [0.29, 0.717) is 26.9 Å². The first-order chi connectivity index (χ1) is 13.5. The Bertz CT molecular complexity index is 972. The summed E-state index contributed by atoms with van der Waals surface area (Å²) in [7, 11) is 0. The number of hydrogen-bond acceptors (Lipinski definition) is 3. The summed E-state index contributed by atoms with van der Waals surface area (Å²) in [6.45, 7) is 0. The van der Waals surface area contributed by atoms with Gasteiger partial charge in [0.25, 0.3) is 11.8 Å². The molecule has 2 amide bonds. The largest absolute Gasteiger partial charge is 0.322 e. The lowest BCUT2D eigenvalue weighted by atomic mass is 9.90. The summed E-state index contributed by atoms with van der Waals surface area (Å²) >= 11 is 11.9. The van der Waals surface area contributed by atoms with E-state index < -0.39 is 11.8 Å². The van der Waals surface area contributed by atoms with Crippen molar-refractivity contribution < 1.29 is 14.8 Å². The zero-order valence-corrected chi connectivity index (χ0v) is 16.0. The highest BCUT2D eigenvalue weighted by atomic mass is 35.5. The molecule has 3 N–H and O–H groups in total. The second kappa shape index (κ2) is 8.89. The number of hydrogen-bond donors (Lipinski definition) is 3. The minimum Gasteiger partial charge on any atom is -0.322 e. The van der Waals surface area contributed by atoms with Gasteiger partial charge in [-0.25, -0.2) is 5.48 Å². The zero-order valence-electron chi connectivity index (χ0n) is 14.5. The van der Waals surface area contributed by atoms with Crippen LogP contribution < -0.4 is 10.8 Å². The molecule has 0 fully saturated rings. The predicted octanol–water partition coefficient (Wildman–Crippen LogP) is 4.88. The summed E-state index contributed by atoms with van der Waals surface area (Å²) in [6.07, 6.45) is 0. The Morgan fingerprint density at radius 1 is 0.821 bits per heavy atom. The van der Waals surface area contributed by atoms with Gasteiger partial charge in [0, 0.05) is 21.3 Å². The van der Waals surface area contributed by atoms with E-state index in [9.17, 15) is 9.59 Å². The van der Waals surface area contributed by atoms with Crippen LogP contribution in [0.25, 0.3) is 0 Å². The number of amides is 2. The molecule has 0 aromatic heterocycles. The lowest BCUT2D eigenvalue weighted by molar-refractivity contribution is -0.129. The molecule has 142 valence electrons. The van der Waals surface area contributed by atoms with Crippen molar-refractivity contribution in [3.63, 3.8) is 0 Å². The van der Waals surface area contributed by atoms with Gasteiger partial charge in [-0.1, -0.05) is 65.7 Å². The number of anilines is 1. The Kier molecular flexibility index (Phi) is 6.31. The minimum atomic E-state index is -0.678. The first-order valence-electron chi connectivity index (χ1n) is 8.34. The van der Waals surface area contributed by atoms with Gasteiger partial charge in [0.05, 0.1) is 5.92 Å². The van der Waals surface area contributed by atoms with Gasteiger partial charge in [0.15, 0.2) is 0 Å². The fourth-order valence-corrected chi connectivity index (χ4v) is 3.38. The van der Waals surface area contributed by atoms with Crippen LogP contribution in [0.15, 0.2) is 72.8 Å². The highest BCUT2D eigenvalue weighted by Gasteiger charge is 2.22. The number of nitrogens with one attached hydrogen (secondary N) is 2. The molecule has 0 heterocycles. The molecule has 0 saturated carbocycles. The van der Waals surface area contributed by atoms with Gasteiger partial charge in [-0.15, -0.1) is 0 Å². The third-order valence-corrected chi connectivity index (χ3v) is 4.57. The van der Waals surface area contributed by atoms with E-state index in [1.165, 1.54) is 12.1 Å². The Morgan fingerprint density at radius 2 is 1.39 bits per heavy atom. The molecule has 0 aliphatic heterocycles. The van der Waals surface area contributed by atoms with Crippen molar-refractivity contribution in [2.24, 2.45) is 0 Å². The molecule has 0 spiro atoms. The monoisotopic (exact) mass is 414 g/mol. The molecule has 3 rings (SSSR count). The molecule has 1 atom stereocenters. The highest BCUT2D eigenvalue weighted by Crippen LogP contribution is 2.26. The fraction of sp³-hybridized carbons (Fsp3) is 0.0476. The smallest absolute Gasteiger partial charge is 0.255 e. The molecule has 0 aliphatic rings. The molecule has 1 unspecified atom stereocenters. The molecule has 0 bridgehead atoms. The number of hydroxylamine groups is 1. The molecule has 3 aromatic rings. The second-order valence-electron chi connectivity index (χ2n) is 6.05. The number of benzene rings is 3. The standard InChI is InChI=1S/C21H16Cl2N2O3/c22-16-10-15(11-17(23)12-16)20(26)24-18-8-6-14(7-9-18)19(21(27)25-28)13-4-2-1-3-5-13/h1-12,19,28H,(H,24,26)(H,25,27). The maximum absolute atomic E-state index is 12.4. The van der Waals surface area contributed by atoms with E-state index in [0.717, 1.165) is 5.56 Å². The SMILES string of the molecule is O=C(Nc1ccc(C(C(=O)NO)c2ccccc2)cc1)c1cc(Cl)cc(Cl)c1. The molecule has 5 nitrogen and oxygen atoms in total. The molecule has 3 aromatic carbocycles. The second-order valence-corrected chi connectivity index (χ2v) is 6.93. The van der Waals surface area contributed by atoms with Gasteiger partial charge in [-0.2, -0.15) is 0 Å². The van der Waals surface area contributed by atoms with Crippen molar-refractivity contribution in [1.29, 1.82) is 0 Å². The maximum atomic E-state index is 12.4. The summed E-state index contributed by atoms with van der Waals surface area (Å²) in [6, 6.07) is 20.5. The Hall–Kier alpha value is -2.86. The maximum Gasteiger partial charge on any atom is 0.255 e. The third kappa shape index (κ3) is 4.70. The number of rotatable bonds is 5. The summed E-state index contributed by atoms with van der Waals surface area (Å²) in [5, 5.41) is 12.6. The van der Waals surface area contributed by atoms with Crippen molar-refractivity contribution in [2.75, 3.05) is 5.32 Å². The average molecular weight is 415 g/mol. The first kappa shape index (κ1) is 19.9. The van der Waals surface area contributed by atoms with Gasteiger partial charge in [0.1, 0.15) is 0 Å². The van der Waals surface area contributed by atoms with E-state index in [1.54, 1.807) is 47.9 Å². The quantitative estimate of drug-likeness (QED) is 0.411. The number of halogens is 2. The Balaban J connectivity index is 1.82. The molecule has 7 heteroatoms. The first-order valence-corrected chi connectivity index (χ1v) is 9.10. The molecule has 0 radical (unpaired) electrons. The summed E-state index contributed by atoms with van der Waals surface area (Å²) < 4.78 is 0. The van der Waals surface area contributed by atoms with E-state index in [-0.39, 0.29) is 5.91 Å². The van der Waals surface area contributed by atoms with Crippen LogP contribution in [0, 0.1) is 0 Å². The lowest BCUT2D eigenvalue weighted by Gasteiger charge is -2.16. The van der Waals surface area contributed by atoms with Crippen molar-refractivity contribution in [3.8, 4) is 0 Å². The molecule has 0 aliphatic carbocycles. The van der Waals surface area contributed by atoms with Crippen LogP contribution in [0.3, 0.4) is 0 Å². The van der Waals surface area contributed by atoms with E-state index in [4.69, 9.17) is 28.4 Å². The van der Waals surface area contributed by atoms with Crippen molar-refractivity contribution in [1.82, 2.24) is 5.48 Å². The normalized spacial score (nSPS) is 11.5. The van der Waals surface area contributed by atoms with Gasteiger partial charge in [-0.3, -0.25) is 14.8 Å². The van der Waals surface area contributed by atoms with E-state index >= 15 is 0 Å². The van der Waals surface area contributed by atoms with Crippen LogP contribution in [-0.2, 0) is 4.79 Å². The Labute approximate surface area is 171 Å². The van der Waals surface area contributed by atoms with Crippen LogP contribution in [0.5, 0.6) is 0 Å². The fourth-order valence-electron chi connectivity index (χ4n) is 2.85. The predicted molar refractivity (Wildman–Crippen MR) is 109 cm³/mol. The van der Waals surface area contributed by atoms with Crippen molar-refractivity contribution >= 4 is 40.7 Å². The highest BCUT2D eigenvalue weighted by molar-refractivity contribution is 6.35. The van der Waals surface area contributed by atoms with Crippen LogP contribution >= 0.6 is 23.2 Å². The van der Waals surface area contributed by atoms with Gasteiger partial charge < -0.3 is 5.32 Å². The van der Waals surface area contributed by atoms with Crippen LogP contribution in [0.4, 0.5) is 5.69 Å². The van der Waals surface area contributed by atoms with Crippen molar-refractivity contribution in [3.05, 3.63) is 99.5 Å². The summed E-state index contributed by atoms with van der Waals surface area (Å²) in [5.41, 5.74) is 3.99. The summed E-state index contributed by atoms with van der Waals surface area (Å²) in [5.74, 6) is -1.58. The summed E-state index contributed by atoms with van der Waals surface area (Å²) in [4.78, 5) is 24.6. The topological polar surface area (TPSA) is 78.4 Å². The van der Waals surface area contributed by atoms with Crippen molar-refractivity contribution in [2.45, 2.75) is 5.92 Å². The van der Waals surface area contributed by atoms with Crippen LogP contribution in [-0.4, -0.2) is 17.0 Å². The van der Waals surface area contributed by atoms with Gasteiger partial charge >= 0.3 is 0 Å². The molecule has 0 saturated heterocycles. The van der Waals surface area contributed by atoms with Gasteiger partial charge in [0.2, 0.25) is 0 Å². The van der Waals surface area contributed by atoms with Gasteiger partial charge in [-0.05, 0) is 41.5 Å². The number of carbonyl (C=O) groups is 2. The molecule has 28 heavy (non-hydrogen) atoms. The number of carbonyl (C=O) groups excluding carboxylic acids is 2. The molecular weight excluding hydrogens is 399 g/mol. The Morgan fingerprint density at radius 3 is 1.96 bits per heavy atom.